The molecule has 0 bridgehead atoms. The number of nitrogens with zero attached hydrogens (tertiary/aromatic N) is 1. The molecule has 6 N–H and O–H groups in total. The van der Waals surface area contributed by atoms with Gasteiger partial charge in [0.15, 0.2) is 0 Å². The number of carbonyl (C=O) groups excluding carboxylic acids is 1. The molecular weight excluding hydrogens is 344 g/mol. The normalized spacial score (nSPS) is 28.9. The van der Waals surface area contributed by atoms with Gasteiger partial charge in [-0.3, -0.25) is 14.5 Å². The average molecular weight is 383 g/mol. The number of carboxylic acid groups (broad SMARTS) is 1. The van der Waals surface area contributed by atoms with Crippen molar-refractivity contribution in [1.29, 1.82) is 0 Å². The third-order valence-corrected chi connectivity index (χ3v) is 6.55. The van der Waals surface area contributed by atoms with E-state index in [4.69, 9.17) is 16.6 Å². The predicted molar refractivity (Wildman–Crippen MR) is 106 cm³/mol. The molecule has 0 aliphatic heterocycles. The Morgan fingerprint density at radius 3 is 1.74 bits per heavy atom. The predicted octanol–water partition coefficient (Wildman–Crippen LogP) is 1.02. The van der Waals surface area contributed by atoms with E-state index in [-0.39, 0.29) is 17.7 Å². The molecule has 27 heavy (non-hydrogen) atoms. The van der Waals surface area contributed by atoms with Crippen LogP contribution < -0.4 is 16.8 Å². The molecule has 0 aromatic carbocycles. The third kappa shape index (κ3) is 7.05. The zero-order valence-corrected chi connectivity index (χ0v) is 16.6. The summed E-state index contributed by atoms with van der Waals surface area (Å²) < 4.78 is 0. The van der Waals surface area contributed by atoms with Gasteiger partial charge in [-0.05, 0) is 63.2 Å². The van der Waals surface area contributed by atoms with Crippen molar-refractivity contribution in [3.63, 3.8) is 0 Å². The first-order valence-corrected chi connectivity index (χ1v) is 10.7. The van der Waals surface area contributed by atoms with Crippen molar-refractivity contribution in [1.82, 2.24) is 10.2 Å². The number of aliphatic carboxylic acids is 1. The van der Waals surface area contributed by atoms with Crippen LogP contribution in [0.3, 0.4) is 0 Å². The van der Waals surface area contributed by atoms with Crippen LogP contribution >= 0.6 is 0 Å². The molecule has 2 fully saturated rings. The molecule has 2 aliphatic carbocycles. The molecule has 0 spiro atoms. The van der Waals surface area contributed by atoms with E-state index in [2.05, 4.69) is 10.2 Å². The molecule has 0 radical (unpaired) electrons. The smallest absolute Gasteiger partial charge is 0.306 e. The molecule has 0 aromatic heterocycles. The van der Waals surface area contributed by atoms with Gasteiger partial charge in [0.1, 0.15) is 0 Å². The highest BCUT2D eigenvalue weighted by atomic mass is 16.4. The Labute approximate surface area is 163 Å². The van der Waals surface area contributed by atoms with E-state index in [1.54, 1.807) is 0 Å². The lowest BCUT2D eigenvalue weighted by Crippen LogP contribution is -2.42. The van der Waals surface area contributed by atoms with E-state index in [9.17, 15) is 9.59 Å². The highest BCUT2D eigenvalue weighted by Gasteiger charge is 2.34. The lowest BCUT2D eigenvalue weighted by molar-refractivity contribution is -0.143. The number of rotatable bonds is 10. The molecule has 2 rings (SSSR count). The van der Waals surface area contributed by atoms with Gasteiger partial charge in [-0.1, -0.05) is 0 Å². The SMILES string of the molecule is NCCN(CCN)CCNC(=O)C1CCC(C2CCC(C(=O)O)CC2)CC1. The Bertz CT molecular complexity index is 452. The minimum atomic E-state index is -0.634. The molecule has 2 aliphatic rings. The van der Waals surface area contributed by atoms with Gasteiger partial charge in [0, 0.05) is 45.2 Å². The van der Waals surface area contributed by atoms with Gasteiger partial charge in [0.05, 0.1) is 5.92 Å². The van der Waals surface area contributed by atoms with Gasteiger partial charge in [-0.25, -0.2) is 0 Å². The van der Waals surface area contributed by atoms with Gasteiger partial charge >= 0.3 is 5.97 Å². The number of carbonyl (C=O) groups is 2. The average Bonchev–Trinajstić information content (AvgIpc) is 2.68. The summed E-state index contributed by atoms with van der Waals surface area (Å²) in [5, 5.41) is 12.2. The van der Waals surface area contributed by atoms with Gasteiger partial charge in [0.2, 0.25) is 5.91 Å². The Kier molecular flexibility index (Phi) is 9.51. The van der Waals surface area contributed by atoms with E-state index in [0.717, 1.165) is 71.0 Å². The number of hydrogen-bond acceptors (Lipinski definition) is 5. The molecule has 2 saturated carbocycles. The van der Waals surface area contributed by atoms with Crippen LogP contribution in [-0.2, 0) is 9.59 Å². The van der Waals surface area contributed by atoms with Gasteiger partial charge in [-0.15, -0.1) is 0 Å². The van der Waals surface area contributed by atoms with Gasteiger partial charge in [-0.2, -0.15) is 0 Å². The number of nitrogens with one attached hydrogen (secondary N) is 1. The maximum absolute atomic E-state index is 12.5. The molecule has 7 heteroatoms. The van der Waals surface area contributed by atoms with E-state index in [0.29, 0.717) is 31.5 Å². The van der Waals surface area contributed by atoms with Gasteiger partial charge in [0.25, 0.3) is 0 Å². The Hall–Kier alpha value is -1.18. The van der Waals surface area contributed by atoms with Crippen LogP contribution in [-0.4, -0.2) is 61.2 Å². The Balaban J connectivity index is 1.65. The van der Waals surface area contributed by atoms with E-state index in [1.807, 2.05) is 0 Å². The fourth-order valence-corrected chi connectivity index (χ4v) is 4.87. The molecule has 0 heterocycles. The first-order chi connectivity index (χ1) is 13.0. The summed E-state index contributed by atoms with van der Waals surface area (Å²) in [4.78, 5) is 25.7. The van der Waals surface area contributed by atoms with Crippen LogP contribution in [0.5, 0.6) is 0 Å². The molecule has 7 nitrogen and oxygen atoms in total. The fraction of sp³-hybridized carbons (Fsp3) is 0.900. The number of hydrogen-bond donors (Lipinski definition) is 4. The zero-order chi connectivity index (χ0) is 19.6. The Morgan fingerprint density at radius 2 is 1.30 bits per heavy atom. The summed E-state index contributed by atoms with van der Waals surface area (Å²) in [5.41, 5.74) is 11.2. The fourth-order valence-electron chi connectivity index (χ4n) is 4.87. The minimum absolute atomic E-state index is 0.133. The summed E-state index contributed by atoms with van der Waals surface area (Å²) in [5.74, 6) is 0.878. The topological polar surface area (TPSA) is 122 Å². The zero-order valence-electron chi connectivity index (χ0n) is 16.6. The summed E-state index contributed by atoms with van der Waals surface area (Å²) in [6, 6.07) is 0. The summed E-state index contributed by atoms with van der Waals surface area (Å²) >= 11 is 0. The second-order valence-corrected chi connectivity index (χ2v) is 8.27. The maximum atomic E-state index is 12.5. The molecule has 1 amide bonds. The van der Waals surface area contributed by atoms with Crippen molar-refractivity contribution >= 4 is 11.9 Å². The first kappa shape index (κ1) is 22.1. The number of amides is 1. The largest absolute Gasteiger partial charge is 0.481 e. The Morgan fingerprint density at radius 1 is 0.815 bits per heavy atom. The van der Waals surface area contributed by atoms with E-state index >= 15 is 0 Å². The van der Waals surface area contributed by atoms with Crippen LogP contribution in [0.4, 0.5) is 0 Å². The molecule has 0 unspecified atom stereocenters. The number of nitrogens with two attached hydrogens (primary N) is 2. The second-order valence-electron chi connectivity index (χ2n) is 8.27. The summed E-state index contributed by atoms with van der Waals surface area (Å²) in [6.45, 7) is 4.27. The van der Waals surface area contributed by atoms with Crippen molar-refractivity contribution in [2.24, 2.45) is 35.1 Å². The number of carboxylic acids is 1. The first-order valence-electron chi connectivity index (χ1n) is 10.7. The van der Waals surface area contributed by atoms with Crippen molar-refractivity contribution in [3.8, 4) is 0 Å². The van der Waals surface area contributed by atoms with Crippen molar-refractivity contribution in [2.45, 2.75) is 51.4 Å². The highest BCUT2D eigenvalue weighted by molar-refractivity contribution is 5.78. The van der Waals surface area contributed by atoms with Crippen LogP contribution in [0, 0.1) is 23.7 Å². The van der Waals surface area contributed by atoms with E-state index in [1.165, 1.54) is 0 Å². The van der Waals surface area contributed by atoms with Crippen molar-refractivity contribution in [2.75, 3.05) is 39.3 Å². The van der Waals surface area contributed by atoms with Crippen LogP contribution in [0.25, 0.3) is 0 Å². The molecule has 0 atom stereocenters. The second kappa shape index (κ2) is 11.6. The van der Waals surface area contributed by atoms with Crippen molar-refractivity contribution in [3.05, 3.63) is 0 Å². The third-order valence-electron chi connectivity index (χ3n) is 6.55. The summed E-state index contributed by atoms with van der Waals surface area (Å²) in [7, 11) is 0. The van der Waals surface area contributed by atoms with Crippen LogP contribution in [0.1, 0.15) is 51.4 Å². The lowest BCUT2D eigenvalue weighted by Gasteiger charge is -2.36. The standard InChI is InChI=1S/C20H38N4O3/c21-9-12-24(13-10-22)14-11-23-19(25)17-5-1-15(2-6-17)16-3-7-18(8-4-16)20(26)27/h15-18H,1-14,21-22H2,(H,23,25)(H,26,27). The maximum Gasteiger partial charge on any atom is 0.306 e. The molecule has 156 valence electrons. The van der Waals surface area contributed by atoms with Crippen LogP contribution in [0.2, 0.25) is 0 Å². The monoisotopic (exact) mass is 382 g/mol. The van der Waals surface area contributed by atoms with Crippen LogP contribution in [0.15, 0.2) is 0 Å². The molecule has 0 saturated heterocycles. The van der Waals surface area contributed by atoms with E-state index < -0.39 is 5.97 Å². The van der Waals surface area contributed by atoms with Gasteiger partial charge < -0.3 is 21.9 Å². The highest BCUT2D eigenvalue weighted by Crippen LogP contribution is 2.41. The molecular formula is C20H38N4O3. The quantitative estimate of drug-likeness (QED) is 0.447. The lowest BCUT2D eigenvalue weighted by atomic mass is 9.69. The summed E-state index contributed by atoms with van der Waals surface area (Å²) in [6.07, 6.45) is 7.85. The molecule has 0 aromatic rings. The van der Waals surface area contributed by atoms with Crippen molar-refractivity contribution < 1.29 is 14.7 Å². The minimum Gasteiger partial charge on any atom is -0.481 e.